The maximum absolute atomic E-state index is 12.8. The number of hydrazone groups is 1. The van der Waals surface area contributed by atoms with Gasteiger partial charge in [0.25, 0.3) is 17.5 Å². The monoisotopic (exact) mass is 458 g/mol. The number of likely N-dealkylation sites (tertiary alicyclic amines) is 1. The molecule has 1 aliphatic heterocycles. The number of non-ortho nitro benzene ring substituents is 1. The van der Waals surface area contributed by atoms with Crippen molar-refractivity contribution in [1.29, 1.82) is 0 Å². The van der Waals surface area contributed by atoms with E-state index in [2.05, 4.69) is 26.5 Å². The van der Waals surface area contributed by atoms with E-state index >= 15 is 0 Å². The third-order valence-corrected chi connectivity index (χ3v) is 5.27. The van der Waals surface area contributed by atoms with Gasteiger partial charge in [0, 0.05) is 28.7 Å². The summed E-state index contributed by atoms with van der Waals surface area (Å²) in [5.74, 6) is -0.680. The van der Waals surface area contributed by atoms with Gasteiger partial charge in [-0.05, 0) is 49.6 Å². The number of hydrogen-bond acceptors (Lipinski definition) is 5. The predicted octanol–water partition coefficient (Wildman–Crippen LogP) is 3.50. The van der Waals surface area contributed by atoms with Gasteiger partial charge in [-0.1, -0.05) is 28.1 Å². The minimum Gasteiger partial charge on any atom is -0.327 e. The minimum absolute atomic E-state index is 0.0879. The number of halogens is 1. The van der Waals surface area contributed by atoms with E-state index in [9.17, 15) is 19.7 Å². The highest BCUT2D eigenvalue weighted by molar-refractivity contribution is 9.10. The van der Waals surface area contributed by atoms with Gasteiger partial charge in [-0.2, -0.15) is 5.10 Å². The molecule has 150 valence electrons. The zero-order valence-corrected chi connectivity index (χ0v) is 17.3. The minimum atomic E-state index is -0.626. The molecule has 1 fully saturated rings. The van der Waals surface area contributed by atoms with Crippen molar-refractivity contribution in [2.75, 3.05) is 6.54 Å². The van der Waals surface area contributed by atoms with E-state index in [0.29, 0.717) is 30.7 Å². The fraction of sp³-hybridized carbons (Fsp3) is 0.250. The van der Waals surface area contributed by atoms with Crippen LogP contribution >= 0.6 is 15.9 Å². The quantitative estimate of drug-likeness (QED) is 0.420. The Morgan fingerprint density at radius 1 is 1.14 bits per heavy atom. The van der Waals surface area contributed by atoms with Crippen molar-refractivity contribution in [1.82, 2.24) is 10.3 Å². The molecule has 1 heterocycles. The Hall–Kier alpha value is -3.07. The summed E-state index contributed by atoms with van der Waals surface area (Å²) in [5.41, 5.74) is 4.30. The zero-order chi connectivity index (χ0) is 21.0. The molecule has 0 unspecified atom stereocenters. The van der Waals surface area contributed by atoms with Gasteiger partial charge in [0.05, 0.1) is 10.6 Å². The SMILES string of the molecule is CC(=NNC(=O)[C@@H]1CCCN1C(=O)c1ccc([N+](=O)[O-])cc1)c1ccc(Br)cc1. The summed E-state index contributed by atoms with van der Waals surface area (Å²) in [7, 11) is 0. The van der Waals surface area contributed by atoms with Crippen molar-refractivity contribution in [3.05, 3.63) is 74.2 Å². The van der Waals surface area contributed by atoms with Crippen LogP contribution in [0.4, 0.5) is 5.69 Å². The molecule has 0 spiro atoms. The summed E-state index contributed by atoms with van der Waals surface area (Å²) in [6, 6.07) is 12.3. The van der Waals surface area contributed by atoms with Crippen LogP contribution < -0.4 is 5.43 Å². The largest absolute Gasteiger partial charge is 0.327 e. The van der Waals surface area contributed by atoms with E-state index in [1.807, 2.05) is 24.3 Å². The molecular weight excluding hydrogens is 440 g/mol. The predicted molar refractivity (Wildman–Crippen MR) is 112 cm³/mol. The first-order valence-corrected chi connectivity index (χ1v) is 9.81. The lowest BCUT2D eigenvalue weighted by Crippen LogP contribution is -2.44. The molecule has 0 bridgehead atoms. The van der Waals surface area contributed by atoms with E-state index < -0.39 is 11.0 Å². The summed E-state index contributed by atoms with van der Waals surface area (Å²) < 4.78 is 0.949. The number of amides is 2. The molecular formula is C20H19BrN4O4. The second kappa shape index (κ2) is 8.95. The molecule has 2 amide bonds. The summed E-state index contributed by atoms with van der Waals surface area (Å²) in [4.78, 5) is 37.1. The molecule has 8 nitrogen and oxygen atoms in total. The molecule has 0 radical (unpaired) electrons. The summed E-state index contributed by atoms with van der Waals surface area (Å²) in [6.45, 7) is 2.24. The standard InChI is InChI=1S/C20H19BrN4O4/c1-13(14-4-8-16(21)9-5-14)22-23-19(26)18-3-2-12-24(18)20(27)15-6-10-17(11-7-15)25(28)29/h4-11,18H,2-3,12H2,1H3,(H,23,26)/t18-/m0/s1. The number of nitrogens with zero attached hydrogens (tertiary/aromatic N) is 3. The molecule has 29 heavy (non-hydrogen) atoms. The van der Waals surface area contributed by atoms with Crippen LogP contribution in [0.15, 0.2) is 58.1 Å². The molecule has 1 saturated heterocycles. The average Bonchev–Trinajstić information content (AvgIpc) is 3.21. The first-order chi connectivity index (χ1) is 13.9. The zero-order valence-electron chi connectivity index (χ0n) is 15.7. The Morgan fingerprint density at radius 3 is 2.38 bits per heavy atom. The number of nitro benzene ring substituents is 1. The molecule has 0 aliphatic carbocycles. The van der Waals surface area contributed by atoms with Crippen LogP contribution in [0.5, 0.6) is 0 Å². The summed E-state index contributed by atoms with van der Waals surface area (Å²) >= 11 is 3.37. The molecule has 1 aliphatic rings. The van der Waals surface area contributed by atoms with Crippen molar-refractivity contribution in [3.63, 3.8) is 0 Å². The number of carbonyl (C=O) groups is 2. The lowest BCUT2D eigenvalue weighted by atomic mass is 10.1. The van der Waals surface area contributed by atoms with Gasteiger partial charge in [-0.3, -0.25) is 19.7 Å². The molecule has 9 heteroatoms. The lowest BCUT2D eigenvalue weighted by Gasteiger charge is -2.23. The molecule has 0 aromatic heterocycles. The van der Waals surface area contributed by atoms with Crippen LogP contribution in [0.25, 0.3) is 0 Å². The van der Waals surface area contributed by atoms with E-state index in [1.165, 1.54) is 29.2 Å². The van der Waals surface area contributed by atoms with Gasteiger partial charge < -0.3 is 4.90 Å². The van der Waals surface area contributed by atoms with Gasteiger partial charge in [-0.15, -0.1) is 0 Å². The fourth-order valence-electron chi connectivity index (χ4n) is 3.14. The Balaban J connectivity index is 1.68. The van der Waals surface area contributed by atoms with Crippen molar-refractivity contribution in [2.45, 2.75) is 25.8 Å². The molecule has 3 rings (SSSR count). The maximum Gasteiger partial charge on any atom is 0.269 e. The number of nitro groups is 1. The first kappa shape index (κ1) is 20.7. The molecule has 1 atom stereocenters. The average molecular weight is 459 g/mol. The normalized spacial score (nSPS) is 16.6. The highest BCUT2D eigenvalue weighted by Gasteiger charge is 2.34. The smallest absolute Gasteiger partial charge is 0.269 e. The van der Waals surface area contributed by atoms with E-state index in [4.69, 9.17) is 0 Å². The van der Waals surface area contributed by atoms with E-state index in [-0.39, 0.29) is 17.5 Å². The van der Waals surface area contributed by atoms with Crippen LogP contribution in [0.2, 0.25) is 0 Å². The number of hydrogen-bond donors (Lipinski definition) is 1. The van der Waals surface area contributed by atoms with Crippen molar-refractivity contribution >= 4 is 39.1 Å². The van der Waals surface area contributed by atoms with Crippen LogP contribution in [0, 0.1) is 10.1 Å². The van der Waals surface area contributed by atoms with Crippen molar-refractivity contribution < 1.29 is 14.5 Å². The second-order valence-corrected chi connectivity index (χ2v) is 7.56. The van der Waals surface area contributed by atoms with E-state index in [0.717, 1.165) is 10.0 Å². The van der Waals surface area contributed by atoms with Crippen LogP contribution in [0.3, 0.4) is 0 Å². The highest BCUT2D eigenvalue weighted by atomic mass is 79.9. The number of carbonyl (C=O) groups excluding carboxylic acids is 2. The van der Waals surface area contributed by atoms with Gasteiger partial charge in [-0.25, -0.2) is 5.43 Å². The van der Waals surface area contributed by atoms with Crippen molar-refractivity contribution in [2.24, 2.45) is 5.10 Å². The van der Waals surface area contributed by atoms with Crippen LogP contribution in [-0.4, -0.2) is 39.9 Å². The Kier molecular flexibility index (Phi) is 6.38. The fourth-order valence-corrected chi connectivity index (χ4v) is 3.41. The molecule has 2 aromatic carbocycles. The molecule has 2 aromatic rings. The van der Waals surface area contributed by atoms with Gasteiger partial charge in [0.2, 0.25) is 0 Å². The number of benzene rings is 2. The van der Waals surface area contributed by atoms with Crippen LogP contribution in [0.1, 0.15) is 35.7 Å². The summed E-state index contributed by atoms with van der Waals surface area (Å²) in [6.07, 6.45) is 1.24. The lowest BCUT2D eigenvalue weighted by molar-refractivity contribution is -0.384. The maximum atomic E-state index is 12.8. The number of nitrogens with one attached hydrogen (secondary N) is 1. The molecule has 1 N–H and O–H groups in total. The summed E-state index contributed by atoms with van der Waals surface area (Å²) in [5, 5.41) is 14.9. The van der Waals surface area contributed by atoms with Crippen LogP contribution in [-0.2, 0) is 4.79 Å². The molecule has 0 saturated carbocycles. The third-order valence-electron chi connectivity index (χ3n) is 4.74. The van der Waals surface area contributed by atoms with E-state index in [1.54, 1.807) is 6.92 Å². The second-order valence-electron chi connectivity index (χ2n) is 6.64. The first-order valence-electron chi connectivity index (χ1n) is 9.02. The third kappa shape index (κ3) is 4.86. The van der Waals surface area contributed by atoms with Gasteiger partial charge in [0.1, 0.15) is 6.04 Å². The Labute approximate surface area is 175 Å². The van der Waals surface area contributed by atoms with Crippen molar-refractivity contribution in [3.8, 4) is 0 Å². The van der Waals surface area contributed by atoms with Gasteiger partial charge in [0.15, 0.2) is 0 Å². The highest BCUT2D eigenvalue weighted by Crippen LogP contribution is 2.22. The van der Waals surface area contributed by atoms with Gasteiger partial charge >= 0.3 is 0 Å². The topological polar surface area (TPSA) is 105 Å². The Morgan fingerprint density at radius 2 is 1.76 bits per heavy atom. The Bertz CT molecular complexity index is 957. The number of rotatable bonds is 5.